The maximum absolute atomic E-state index is 12.4. The minimum Gasteiger partial charge on any atom is -0.312 e. The highest BCUT2D eigenvalue weighted by Gasteiger charge is 2.36. The van der Waals surface area contributed by atoms with Gasteiger partial charge in [-0.3, -0.25) is 4.90 Å². The Labute approximate surface area is 109 Å². The molecule has 2 nitrogen and oxygen atoms in total. The van der Waals surface area contributed by atoms with Crippen molar-refractivity contribution in [3.05, 3.63) is 0 Å². The first kappa shape index (κ1) is 17.7. The number of hydrogen-bond donors (Lipinski definition) is 1. The van der Waals surface area contributed by atoms with E-state index in [9.17, 15) is 13.2 Å². The highest BCUT2D eigenvalue weighted by Crippen LogP contribution is 2.28. The summed E-state index contributed by atoms with van der Waals surface area (Å²) in [7, 11) is 0. The SMILES string of the molecule is CCNC(CCC(F)(F)F)C(C)(C)N(CC)CC. The van der Waals surface area contributed by atoms with E-state index in [4.69, 9.17) is 0 Å². The smallest absolute Gasteiger partial charge is 0.312 e. The van der Waals surface area contributed by atoms with Crippen molar-refractivity contribution in [2.24, 2.45) is 0 Å². The third kappa shape index (κ3) is 5.57. The molecule has 0 aliphatic carbocycles. The first-order valence-electron chi connectivity index (χ1n) is 6.74. The number of rotatable bonds is 8. The van der Waals surface area contributed by atoms with Crippen molar-refractivity contribution in [3.63, 3.8) is 0 Å². The Morgan fingerprint density at radius 2 is 1.56 bits per heavy atom. The summed E-state index contributed by atoms with van der Waals surface area (Å²) in [5.74, 6) is 0. The summed E-state index contributed by atoms with van der Waals surface area (Å²) in [5.41, 5.74) is -0.273. The number of halogens is 3. The van der Waals surface area contributed by atoms with Crippen LogP contribution in [0.25, 0.3) is 0 Å². The minimum absolute atomic E-state index is 0.126. The van der Waals surface area contributed by atoms with E-state index in [0.717, 1.165) is 13.1 Å². The summed E-state index contributed by atoms with van der Waals surface area (Å²) in [6.07, 6.45) is -4.68. The summed E-state index contributed by atoms with van der Waals surface area (Å²) >= 11 is 0. The standard InChI is InChI=1S/C13H27F3N2/c1-6-17-11(9-10-13(14,15)16)12(4,5)18(7-2)8-3/h11,17H,6-10H2,1-5H3. The van der Waals surface area contributed by atoms with Gasteiger partial charge in [-0.25, -0.2) is 0 Å². The molecule has 1 unspecified atom stereocenters. The van der Waals surface area contributed by atoms with Crippen LogP contribution in [0.3, 0.4) is 0 Å². The normalized spacial score (nSPS) is 15.2. The molecule has 0 radical (unpaired) electrons. The van der Waals surface area contributed by atoms with Crippen LogP contribution in [-0.2, 0) is 0 Å². The van der Waals surface area contributed by atoms with Gasteiger partial charge in [0.1, 0.15) is 0 Å². The predicted octanol–water partition coefficient (Wildman–Crippen LogP) is 3.43. The fourth-order valence-electron chi connectivity index (χ4n) is 2.52. The second-order valence-corrected chi connectivity index (χ2v) is 5.09. The van der Waals surface area contributed by atoms with Gasteiger partial charge in [0.15, 0.2) is 0 Å². The Bertz CT molecular complexity index is 223. The zero-order chi connectivity index (χ0) is 14.4. The average molecular weight is 268 g/mol. The van der Waals surface area contributed by atoms with E-state index in [1.54, 1.807) is 0 Å². The fourth-order valence-corrected chi connectivity index (χ4v) is 2.52. The lowest BCUT2D eigenvalue weighted by Crippen LogP contribution is -2.57. The van der Waals surface area contributed by atoms with E-state index >= 15 is 0 Å². The lowest BCUT2D eigenvalue weighted by Gasteiger charge is -2.44. The largest absolute Gasteiger partial charge is 0.389 e. The molecule has 0 spiro atoms. The van der Waals surface area contributed by atoms with Crippen molar-refractivity contribution in [3.8, 4) is 0 Å². The number of likely N-dealkylation sites (N-methyl/N-ethyl adjacent to an activating group) is 2. The van der Waals surface area contributed by atoms with Gasteiger partial charge in [0.2, 0.25) is 0 Å². The van der Waals surface area contributed by atoms with Crippen LogP contribution >= 0.6 is 0 Å². The molecule has 0 amide bonds. The van der Waals surface area contributed by atoms with Crippen LogP contribution in [0, 0.1) is 0 Å². The zero-order valence-electron chi connectivity index (χ0n) is 12.2. The van der Waals surface area contributed by atoms with Crippen molar-refractivity contribution >= 4 is 0 Å². The van der Waals surface area contributed by atoms with E-state index in [1.807, 2.05) is 34.6 Å². The number of hydrogen-bond acceptors (Lipinski definition) is 2. The molecule has 110 valence electrons. The van der Waals surface area contributed by atoms with Crippen LogP contribution in [0.5, 0.6) is 0 Å². The van der Waals surface area contributed by atoms with E-state index in [-0.39, 0.29) is 18.0 Å². The molecule has 0 aromatic heterocycles. The van der Waals surface area contributed by atoms with Crippen molar-refractivity contribution in [1.82, 2.24) is 10.2 Å². The third-order valence-electron chi connectivity index (χ3n) is 3.60. The summed E-state index contributed by atoms with van der Waals surface area (Å²) < 4.78 is 37.1. The van der Waals surface area contributed by atoms with Crippen molar-refractivity contribution in [2.75, 3.05) is 19.6 Å². The van der Waals surface area contributed by atoms with Gasteiger partial charge in [-0.05, 0) is 39.9 Å². The van der Waals surface area contributed by atoms with Crippen LogP contribution < -0.4 is 5.32 Å². The molecule has 0 aromatic rings. The van der Waals surface area contributed by atoms with Crippen LogP contribution in [-0.4, -0.2) is 42.3 Å². The predicted molar refractivity (Wildman–Crippen MR) is 69.8 cm³/mol. The van der Waals surface area contributed by atoms with Gasteiger partial charge in [-0.2, -0.15) is 13.2 Å². The first-order chi connectivity index (χ1) is 8.19. The van der Waals surface area contributed by atoms with E-state index in [1.165, 1.54) is 0 Å². The van der Waals surface area contributed by atoms with Gasteiger partial charge in [0, 0.05) is 18.0 Å². The van der Waals surface area contributed by atoms with E-state index in [2.05, 4.69) is 10.2 Å². The fraction of sp³-hybridized carbons (Fsp3) is 1.00. The van der Waals surface area contributed by atoms with E-state index in [0.29, 0.717) is 6.54 Å². The molecule has 0 aliphatic rings. The molecule has 0 fully saturated rings. The number of alkyl halides is 3. The van der Waals surface area contributed by atoms with Gasteiger partial charge in [-0.1, -0.05) is 20.8 Å². The molecular formula is C13H27F3N2. The van der Waals surface area contributed by atoms with Gasteiger partial charge in [-0.15, -0.1) is 0 Å². The molecule has 0 bridgehead atoms. The summed E-state index contributed by atoms with van der Waals surface area (Å²) in [5, 5.41) is 3.20. The Morgan fingerprint density at radius 1 is 1.06 bits per heavy atom. The second kappa shape index (κ2) is 7.34. The number of nitrogens with one attached hydrogen (secondary N) is 1. The van der Waals surface area contributed by atoms with Crippen LogP contribution in [0.15, 0.2) is 0 Å². The summed E-state index contributed by atoms with van der Waals surface area (Å²) in [4.78, 5) is 2.21. The molecule has 5 heteroatoms. The first-order valence-corrected chi connectivity index (χ1v) is 6.74. The van der Waals surface area contributed by atoms with Gasteiger partial charge < -0.3 is 5.32 Å². The van der Waals surface area contributed by atoms with E-state index < -0.39 is 12.6 Å². The topological polar surface area (TPSA) is 15.3 Å². The maximum atomic E-state index is 12.4. The Morgan fingerprint density at radius 3 is 1.89 bits per heavy atom. The van der Waals surface area contributed by atoms with Crippen LogP contribution in [0.4, 0.5) is 13.2 Å². The van der Waals surface area contributed by atoms with Crippen molar-refractivity contribution in [1.29, 1.82) is 0 Å². The molecule has 1 N–H and O–H groups in total. The molecule has 18 heavy (non-hydrogen) atoms. The summed E-state index contributed by atoms with van der Waals surface area (Å²) in [6, 6.07) is -0.149. The maximum Gasteiger partial charge on any atom is 0.389 e. The highest BCUT2D eigenvalue weighted by molar-refractivity contribution is 4.93. The molecule has 1 atom stereocenters. The molecule has 0 saturated carbocycles. The highest BCUT2D eigenvalue weighted by atomic mass is 19.4. The monoisotopic (exact) mass is 268 g/mol. The molecule has 0 heterocycles. The van der Waals surface area contributed by atoms with Gasteiger partial charge >= 0.3 is 6.18 Å². The molecule has 0 aromatic carbocycles. The van der Waals surface area contributed by atoms with Crippen molar-refractivity contribution < 1.29 is 13.2 Å². The van der Waals surface area contributed by atoms with Gasteiger partial charge in [0.25, 0.3) is 0 Å². The van der Waals surface area contributed by atoms with Crippen LogP contribution in [0.2, 0.25) is 0 Å². The Hall–Kier alpha value is -0.290. The molecule has 0 rings (SSSR count). The lowest BCUT2D eigenvalue weighted by molar-refractivity contribution is -0.138. The van der Waals surface area contributed by atoms with Crippen LogP contribution in [0.1, 0.15) is 47.5 Å². The quantitative estimate of drug-likeness (QED) is 0.725. The third-order valence-corrected chi connectivity index (χ3v) is 3.60. The number of nitrogens with zero attached hydrogens (tertiary/aromatic N) is 1. The Balaban J connectivity index is 4.74. The molecule has 0 saturated heterocycles. The Kier molecular flexibility index (Phi) is 7.22. The van der Waals surface area contributed by atoms with Gasteiger partial charge in [0.05, 0.1) is 0 Å². The zero-order valence-corrected chi connectivity index (χ0v) is 12.2. The molecular weight excluding hydrogens is 241 g/mol. The molecule has 0 aliphatic heterocycles. The van der Waals surface area contributed by atoms with Crippen molar-refractivity contribution in [2.45, 2.75) is 65.2 Å². The average Bonchev–Trinajstić information content (AvgIpc) is 2.23. The summed E-state index contributed by atoms with van der Waals surface area (Å²) in [6.45, 7) is 12.4. The second-order valence-electron chi connectivity index (χ2n) is 5.09. The lowest BCUT2D eigenvalue weighted by atomic mass is 9.88. The minimum atomic E-state index is -4.08.